The molecule has 2 atom stereocenters. The summed E-state index contributed by atoms with van der Waals surface area (Å²) in [5.41, 5.74) is 2.06. The maximum Gasteiger partial charge on any atom is 0.0741 e. The molecule has 0 saturated heterocycles. The van der Waals surface area contributed by atoms with E-state index in [1.54, 1.807) is 0 Å². The van der Waals surface area contributed by atoms with Gasteiger partial charge in [0, 0.05) is 12.6 Å². The molecule has 1 aliphatic carbocycles. The molecule has 0 heterocycles. The van der Waals surface area contributed by atoms with E-state index in [4.69, 9.17) is 0 Å². The molecule has 2 rings (SSSR count). The molecule has 2 N–H and O–H groups in total. The topological polar surface area (TPSA) is 32.3 Å². The largest absolute Gasteiger partial charge is 0.389 e. The lowest BCUT2D eigenvalue weighted by molar-refractivity contribution is 0.0519. The zero-order valence-corrected chi connectivity index (χ0v) is 11.7. The van der Waals surface area contributed by atoms with Crippen LogP contribution in [0, 0.1) is 12.8 Å². The maximum atomic E-state index is 10.1. The number of benzene rings is 1. The second-order valence-electron chi connectivity index (χ2n) is 5.96. The van der Waals surface area contributed by atoms with E-state index in [1.807, 2.05) is 13.8 Å². The predicted octanol–water partition coefficient (Wildman–Crippen LogP) is 3.20. The van der Waals surface area contributed by atoms with Crippen LogP contribution in [0.5, 0.6) is 0 Å². The smallest absolute Gasteiger partial charge is 0.0741 e. The molecular formula is C16H25NO. The van der Waals surface area contributed by atoms with Gasteiger partial charge in [0.05, 0.1) is 5.60 Å². The van der Waals surface area contributed by atoms with Crippen LogP contribution in [0.3, 0.4) is 0 Å². The van der Waals surface area contributed by atoms with Gasteiger partial charge < -0.3 is 10.4 Å². The van der Waals surface area contributed by atoms with Crippen molar-refractivity contribution >= 4 is 0 Å². The van der Waals surface area contributed by atoms with E-state index in [-0.39, 0.29) is 0 Å². The summed E-state index contributed by atoms with van der Waals surface area (Å²) in [7, 11) is 0. The minimum Gasteiger partial charge on any atom is -0.389 e. The fraction of sp³-hybridized carbons (Fsp3) is 0.625. The Hall–Kier alpha value is -0.860. The third-order valence-corrected chi connectivity index (χ3v) is 3.99. The Morgan fingerprint density at radius 1 is 1.33 bits per heavy atom. The number of rotatable bonds is 6. The second-order valence-corrected chi connectivity index (χ2v) is 5.96. The van der Waals surface area contributed by atoms with Crippen LogP contribution < -0.4 is 5.32 Å². The van der Waals surface area contributed by atoms with Gasteiger partial charge in [0.25, 0.3) is 0 Å². The molecule has 1 aliphatic rings. The fourth-order valence-electron chi connectivity index (χ4n) is 2.21. The normalized spacial score (nSPS) is 20.4. The molecule has 0 spiro atoms. The third kappa shape index (κ3) is 3.56. The summed E-state index contributed by atoms with van der Waals surface area (Å²) >= 11 is 0. The van der Waals surface area contributed by atoms with Crippen LogP contribution in [-0.2, 0) is 0 Å². The number of aliphatic hydroxyl groups is 1. The van der Waals surface area contributed by atoms with E-state index in [0.717, 1.165) is 12.3 Å². The van der Waals surface area contributed by atoms with Gasteiger partial charge in [0.15, 0.2) is 0 Å². The standard InChI is InChI=1S/C16H25NO/c1-4-16(3,18)11-17-15(14-9-10-14)13-7-5-12(2)6-8-13/h5-8,14-15,17-18H,4,9-11H2,1-3H3. The van der Waals surface area contributed by atoms with Crippen LogP contribution in [-0.4, -0.2) is 17.3 Å². The first kappa shape index (κ1) is 13.6. The molecule has 1 fully saturated rings. The molecule has 0 bridgehead atoms. The Labute approximate surface area is 110 Å². The first-order valence-corrected chi connectivity index (χ1v) is 7.04. The molecule has 1 aromatic rings. The Morgan fingerprint density at radius 2 is 1.94 bits per heavy atom. The van der Waals surface area contributed by atoms with Gasteiger partial charge in [-0.15, -0.1) is 0 Å². The quantitative estimate of drug-likeness (QED) is 0.809. The molecule has 0 aromatic heterocycles. The van der Waals surface area contributed by atoms with Gasteiger partial charge in [-0.1, -0.05) is 36.8 Å². The van der Waals surface area contributed by atoms with Crippen molar-refractivity contribution in [2.24, 2.45) is 5.92 Å². The third-order valence-electron chi connectivity index (χ3n) is 3.99. The highest BCUT2D eigenvalue weighted by Crippen LogP contribution is 2.41. The zero-order chi connectivity index (χ0) is 13.2. The number of hydrogen-bond acceptors (Lipinski definition) is 2. The Kier molecular flexibility index (Phi) is 4.08. The fourth-order valence-corrected chi connectivity index (χ4v) is 2.21. The van der Waals surface area contributed by atoms with Crippen LogP contribution in [0.2, 0.25) is 0 Å². The molecule has 18 heavy (non-hydrogen) atoms. The highest BCUT2D eigenvalue weighted by atomic mass is 16.3. The van der Waals surface area contributed by atoms with Gasteiger partial charge >= 0.3 is 0 Å². The highest BCUT2D eigenvalue weighted by Gasteiger charge is 2.33. The van der Waals surface area contributed by atoms with Gasteiger partial charge in [-0.2, -0.15) is 0 Å². The molecule has 1 aromatic carbocycles. The average molecular weight is 247 g/mol. The summed E-state index contributed by atoms with van der Waals surface area (Å²) in [5, 5.41) is 13.7. The molecule has 2 nitrogen and oxygen atoms in total. The molecule has 2 unspecified atom stereocenters. The van der Waals surface area contributed by atoms with Gasteiger partial charge in [-0.05, 0) is 44.6 Å². The molecule has 0 radical (unpaired) electrons. The monoisotopic (exact) mass is 247 g/mol. The summed E-state index contributed by atoms with van der Waals surface area (Å²) in [6.07, 6.45) is 3.39. The van der Waals surface area contributed by atoms with Crippen LogP contribution >= 0.6 is 0 Å². The SMILES string of the molecule is CCC(C)(O)CNC(c1ccc(C)cc1)C1CC1. The second kappa shape index (κ2) is 5.41. The lowest BCUT2D eigenvalue weighted by Crippen LogP contribution is -2.39. The Balaban J connectivity index is 2.02. The number of nitrogens with one attached hydrogen (secondary N) is 1. The molecular weight excluding hydrogens is 222 g/mol. The summed E-state index contributed by atoms with van der Waals surface area (Å²) in [5.74, 6) is 0.750. The van der Waals surface area contributed by atoms with Crippen LogP contribution in [0.4, 0.5) is 0 Å². The lowest BCUT2D eigenvalue weighted by Gasteiger charge is -2.26. The van der Waals surface area contributed by atoms with Crippen molar-refractivity contribution in [3.63, 3.8) is 0 Å². The maximum absolute atomic E-state index is 10.1. The van der Waals surface area contributed by atoms with E-state index < -0.39 is 5.60 Å². The van der Waals surface area contributed by atoms with Crippen molar-refractivity contribution in [1.29, 1.82) is 0 Å². The minimum absolute atomic E-state index is 0.406. The van der Waals surface area contributed by atoms with Crippen molar-refractivity contribution in [1.82, 2.24) is 5.32 Å². The summed E-state index contributed by atoms with van der Waals surface area (Å²) in [4.78, 5) is 0. The predicted molar refractivity (Wildman–Crippen MR) is 75.6 cm³/mol. The van der Waals surface area contributed by atoms with Crippen molar-refractivity contribution in [2.45, 2.75) is 51.7 Å². The Bertz CT molecular complexity index is 379. The Morgan fingerprint density at radius 3 is 2.44 bits per heavy atom. The van der Waals surface area contributed by atoms with E-state index in [1.165, 1.54) is 24.0 Å². The highest BCUT2D eigenvalue weighted by molar-refractivity contribution is 5.25. The average Bonchev–Trinajstić information content (AvgIpc) is 3.16. The zero-order valence-electron chi connectivity index (χ0n) is 11.7. The first-order valence-electron chi connectivity index (χ1n) is 7.04. The van der Waals surface area contributed by atoms with Gasteiger partial charge in [0.1, 0.15) is 0 Å². The van der Waals surface area contributed by atoms with Crippen molar-refractivity contribution in [3.05, 3.63) is 35.4 Å². The molecule has 100 valence electrons. The van der Waals surface area contributed by atoms with Crippen molar-refractivity contribution < 1.29 is 5.11 Å². The van der Waals surface area contributed by atoms with Crippen LogP contribution in [0.15, 0.2) is 24.3 Å². The van der Waals surface area contributed by atoms with E-state index in [2.05, 4.69) is 36.5 Å². The summed E-state index contributed by atoms with van der Waals surface area (Å²) in [6, 6.07) is 9.18. The van der Waals surface area contributed by atoms with Gasteiger partial charge in [-0.3, -0.25) is 0 Å². The van der Waals surface area contributed by atoms with Crippen LogP contribution in [0.1, 0.15) is 50.3 Å². The van der Waals surface area contributed by atoms with Crippen molar-refractivity contribution in [2.75, 3.05) is 6.54 Å². The van der Waals surface area contributed by atoms with Gasteiger partial charge in [-0.25, -0.2) is 0 Å². The molecule has 2 heteroatoms. The number of aryl methyl sites for hydroxylation is 1. The number of hydrogen-bond donors (Lipinski definition) is 2. The minimum atomic E-state index is -0.599. The summed E-state index contributed by atoms with van der Waals surface area (Å²) in [6.45, 7) is 6.71. The van der Waals surface area contributed by atoms with Crippen LogP contribution in [0.25, 0.3) is 0 Å². The molecule has 0 amide bonds. The van der Waals surface area contributed by atoms with E-state index in [9.17, 15) is 5.11 Å². The molecule has 1 saturated carbocycles. The summed E-state index contributed by atoms with van der Waals surface area (Å²) < 4.78 is 0. The lowest BCUT2D eigenvalue weighted by atomic mass is 9.98. The molecule has 0 aliphatic heterocycles. The van der Waals surface area contributed by atoms with E-state index >= 15 is 0 Å². The van der Waals surface area contributed by atoms with E-state index in [0.29, 0.717) is 12.6 Å². The van der Waals surface area contributed by atoms with Crippen molar-refractivity contribution in [3.8, 4) is 0 Å². The van der Waals surface area contributed by atoms with Gasteiger partial charge in [0.2, 0.25) is 0 Å². The first-order chi connectivity index (χ1) is 8.52.